The molecule has 3 aromatic carbocycles. The molecule has 0 saturated carbocycles. The van der Waals surface area contributed by atoms with Gasteiger partial charge in [-0.1, -0.05) is 42.5 Å². The second kappa shape index (κ2) is 7.64. The Hall–Kier alpha value is -3.47. The fourth-order valence-electron chi connectivity index (χ4n) is 3.22. The van der Waals surface area contributed by atoms with Gasteiger partial charge in [-0.05, 0) is 47.5 Å². The number of fused-ring (bicyclic) bond motifs is 1. The summed E-state index contributed by atoms with van der Waals surface area (Å²) >= 11 is 0. The molecule has 1 aromatic heterocycles. The smallest absolute Gasteiger partial charge is 0.268 e. The minimum absolute atomic E-state index is 0.220. The Morgan fingerprint density at radius 1 is 0.821 bits per heavy atom. The number of hydrogen-bond donors (Lipinski definition) is 1. The van der Waals surface area contributed by atoms with E-state index in [0.717, 1.165) is 22.0 Å². The molecule has 4 aromatic rings. The summed E-state index contributed by atoms with van der Waals surface area (Å²) in [5.41, 5.74) is 3.16. The summed E-state index contributed by atoms with van der Waals surface area (Å²) in [7, 11) is 0. The molecule has 0 aliphatic heterocycles. The summed E-state index contributed by atoms with van der Waals surface area (Å²) in [6.07, 6.45) is 0. The lowest BCUT2D eigenvalue weighted by molar-refractivity contribution is 0.0942. The molecule has 5 heteroatoms. The van der Waals surface area contributed by atoms with E-state index in [1.165, 1.54) is 24.3 Å². The molecule has 0 spiro atoms. The van der Waals surface area contributed by atoms with Crippen LogP contribution in [0.5, 0.6) is 0 Å². The van der Waals surface area contributed by atoms with Crippen molar-refractivity contribution in [1.29, 1.82) is 0 Å². The Morgan fingerprint density at radius 2 is 1.43 bits per heavy atom. The first-order chi connectivity index (χ1) is 13.6. The average molecular weight is 376 g/mol. The highest BCUT2D eigenvalue weighted by atomic mass is 19.1. The van der Waals surface area contributed by atoms with Crippen LogP contribution >= 0.6 is 0 Å². The monoisotopic (exact) mass is 376 g/mol. The number of carbonyl (C=O) groups excluding carboxylic acids is 1. The van der Waals surface area contributed by atoms with E-state index in [1.807, 2.05) is 34.9 Å². The van der Waals surface area contributed by atoms with Crippen LogP contribution in [0.3, 0.4) is 0 Å². The van der Waals surface area contributed by atoms with Gasteiger partial charge in [0.15, 0.2) is 0 Å². The summed E-state index contributed by atoms with van der Waals surface area (Å²) in [5, 5.41) is 3.84. The summed E-state index contributed by atoms with van der Waals surface area (Å²) in [6.45, 7) is 0.754. The van der Waals surface area contributed by atoms with Gasteiger partial charge in [0.1, 0.15) is 17.3 Å². The maximum Gasteiger partial charge on any atom is 0.268 e. The van der Waals surface area contributed by atoms with E-state index in [0.29, 0.717) is 18.8 Å². The van der Waals surface area contributed by atoms with Gasteiger partial charge in [0.2, 0.25) is 0 Å². The molecule has 0 saturated heterocycles. The number of para-hydroxylation sites is 1. The molecule has 0 radical (unpaired) electrons. The standard InChI is InChI=1S/C23H18F2N2O/c24-19-9-5-16(6-10-19)14-26-23(28)22-13-18-3-1-2-4-21(18)27(22)15-17-7-11-20(25)12-8-17/h1-13H,14-15H2,(H,26,28). The molecular weight excluding hydrogens is 358 g/mol. The molecule has 1 N–H and O–H groups in total. The average Bonchev–Trinajstić information content (AvgIpc) is 3.08. The van der Waals surface area contributed by atoms with Gasteiger partial charge in [0.25, 0.3) is 5.91 Å². The van der Waals surface area contributed by atoms with Crippen molar-refractivity contribution in [3.05, 3.63) is 107 Å². The van der Waals surface area contributed by atoms with Crippen molar-refractivity contribution >= 4 is 16.8 Å². The maximum absolute atomic E-state index is 13.2. The van der Waals surface area contributed by atoms with Crippen molar-refractivity contribution in [3.63, 3.8) is 0 Å². The number of nitrogens with one attached hydrogen (secondary N) is 1. The largest absolute Gasteiger partial charge is 0.347 e. The van der Waals surface area contributed by atoms with E-state index < -0.39 is 0 Å². The SMILES string of the molecule is O=C(NCc1ccc(F)cc1)c1cc2ccccc2n1Cc1ccc(F)cc1. The third-order valence-electron chi connectivity index (χ3n) is 4.66. The van der Waals surface area contributed by atoms with Crippen LogP contribution in [0.1, 0.15) is 21.6 Å². The van der Waals surface area contributed by atoms with E-state index in [4.69, 9.17) is 0 Å². The van der Waals surface area contributed by atoms with E-state index in [9.17, 15) is 13.6 Å². The number of aromatic nitrogens is 1. The quantitative estimate of drug-likeness (QED) is 0.528. The minimum Gasteiger partial charge on any atom is -0.347 e. The van der Waals surface area contributed by atoms with Gasteiger partial charge >= 0.3 is 0 Å². The number of carbonyl (C=O) groups is 1. The fraction of sp³-hybridized carbons (Fsp3) is 0.0870. The summed E-state index contributed by atoms with van der Waals surface area (Å²) in [6, 6.07) is 21.9. The summed E-state index contributed by atoms with van der Waals surface area (Å²) < 4.78 is 28.2. The molecular formula is C23H18F2N2O. The van der Waals surface area contributed by atoms with Gasteiger partial charge in [-0.3, -0.25) is 4.79 Å². The first kappa shape index (κ1) is 17.9. The lowest BCUT2D eigenvalue weighted by atomic mass is 10.2. The summed E-state index contributed by atoms with van der Waals surface area (Å²) in [5.74, 6) is -0.824. The maximum atomic E-state index is 13.2. The van der Waals surface area contributed by atoms with Crippen LogP contribution in [0.25, 0.3) is 10.9 Å². The van der Waals surface area contributed by atoms with Crippen molar-refractivity contribution < 1.29 is 13.6 Å². The number of benzene rings is 3. The molecule has 0 aliphatic rings. The van der Waals surface area contributed by atoms with Gasteiger partial charge in [-0.25, -0.2) is 8.78 Å². The number of hydrogen-bond acceptors (Lipinski definition) is 1. The Kier molecular flexibility index (Phi) is 4.89. The van der Waals surface area contributed by atoms with Gasteiger partial charge in [0, 0.05) is 24.0 Å². The normalized spacial score (nSPS) is 10.9. The first-order valence-electron chi connectivity index (χ1n) is 8.95. The van der Waals surface area contributed by atoms with Gasteiger partial charge in [-0.2, -0.15) is 0 Å². The Labute approximate surface area is 161 Å². The van der Waals surface area contributed by atoms with E-state index in [2.05, 4.69) is 5.32 Å². The van der Waals surface area contributed by atoms with E-state index >= 15 is 0 Å². The van der Waals surface area contributed by atoms with Crippen LogP contribution in [0.4, 0.5) is 8.78 Å². The molecule has 4 rings (SSSR count). The van der Waals surface area contributed by atoms with Gasteiger partial charge < -0.3 is 9.88 Å². The lowest BCUT2D eigenvalue weighted by Gasteiger charge is -2.12. The van der Waals surface area contributed by atoms with Crippen molar-refractivity contribution in [3.8, 4) is 0 Å². The first-order valence-corrected chi connectivity index (χ1v) is 8.95. The van der Waals surface area contributed by atoms with Gasteiger partial charge in [-0.15, -0.1) is 0 Å². The topological polar surface area (TPSA) is 34.0 Å². The number of nitrogens with zero attached hydrogens (tertiary/aromatic N) is 1. The molecule has 3 nitrogen and oxygen atoms in total. The highest BCUT2D eigenvalue weighted by Gasteiger charge is 2.15. The molecule has 0 atom stereocenters. The van der Waals surface area contributed by atoms with E-state index in [1.54, 1.807) is 24.3 Å². The minimum atomic E-state index is -0.311. The third kappa shape index (κ3) is 3.78. The van der Waals surface area contributed by atoms with Crippen LogP contribution in [-0.2, 0) is 13.1 Å². The molecule has 1 heterocycles. The molecule has 0 aliphatic carbocycles. The van der Waals surface area contributed by atoms with Crippen LogP contribution in [0.15, 0.2) is 78.9 Å². The zero-order valence-corrected chi connectivity index (χ0v) is 15.0. The number of amides is 1. The predicted octanol–water partition coefficient (Wildman–Crippen LogP) is 4.90. The van der Waals surface area contributed by atoms with E-state index in [-0.39, 0.29) is 17.5 Å². The second-order valence-corrected chi connectivity index (χ2v) is 6.61. The highest BCUT2D eigenvalue weighted by Crippen LogP contribution is 2.22. The summed E-state index contributed by atoms with van der Waals surface area (Å²) in [4.78, 5) is 12.9. The molecule has 0 fully saturated rings. The fourth-order valence-corrected chi connectivity index (χ4v) is 3.22. The highest BCUT2D eigenvalue weighted by molar-refractivity contribution is 5.98. The molecule has 0 bridgehead atoms. The number of halogens is 2. The van der Waals surface area contributed by atoms with Crippen molar-refractivity contribution in [1.82, 2.24) is 9.88 Å². The molecule has 1 amide bonds. The van der Waals surface area contributed by atoms with Crippen molar-refractivity contribution in [2.45, 2.75) is 13.1 Å². The van der Waals surface area contributed by atoms with Gasteiger partial charge in [0.05, 0.1) is 0 Å². The number of rotatable bonds is 5. The van der Waals surface area contributed by atoms with Crippen LogP contribution in [-0.4, -0.2) is 10.5 Å². The Bertz CT molecular complexity index is 1120. The zero-order valence-electron chi connectivity index (χ0n) is 15.0. The Morgan fingerprint density at radius 3 is 2.11 bits per heavy atom. The third-order valence-corrected chi connectivity index (χ3v) is 4.66. The van der Waals surface area contributed by atoms with Crippen LogP contribution in [0, 0.1) is 11.6 Å². The van der Waals surface area contributed by atoms with Crippen molar-refractivity contribution in [2.75, 3.05) is 0 Å². The van der Waals surface area contributed by atoms with Crippen LogP contribution < -0.4 is 5.32 Å². The molecule has 28 heavy (non-hydrogen) atoms. The zero-order chi connectivity index (χ0) is 19.5. The Balaban J connectivity index is 1.62. The predicted molar refractivity (Wildman–Crippen MR) is 105 cm³/mol. The van der Waals surface area contributed by atoms with Crippen LogP contribution in [0.2, 0.25) is 0 Å². The lowest BCUT2D eigenvalue weighted by Crippen LogP contribution is -2.25. The molecule has 140 valence electrons. The second-order valence-electron chi connectivity index (χ2n) is 6.61. The molecule has 0 unspecified atom stereocenters. The van der Waals surface area contributed by atoms with Crippen molar-refractivity contribution in [2.24, 2.45) is 0 Å².